The van der Waals surface area contributed by atoms with Gasteiger partial charge in [-0.2, -0.15) is 11.8 Å². The number of aliphatic imine (C=N–C) groups is 1. The summed E-state index contributed by atoms with van der Waals surface area (Å²) in [5.74, 6) is 6.17. The van der Waals surface area contributed by atoms with Gasteiger partial charge in [-0.15, -0.1) is 0 Å². The van der Waals surface area contributed by atoms with Gasteiger partial charge in [0.1, 0.15) is 0 Å². The molecule has 0 radical (unpaired) electrons. The lowest BCUT2D eigenvalue weighted by Crippen LogP contribution is -2.37. The lowest BCUT2D eigenvalue weighted by atomic mass is 10.1. The first kappa shape index (κ1) is 14.2. The molecule has 0 bridgehead atoms. The number of guanidine groups is 1. The molecule has 0 atom stereocenters. The first-order valence-corrected chi connectivity index (χ1v) is 7.89. The molecule has 0 saturated heterocycles. The Morgan fingerprint density at radius 2 is 2.00 bits per heavy atom. The Balaban J connectivity index is 1.99. The number of nitrogens with two attached hydrogens (primary N) is 1. The van der Waals surface area contributed by atoms with E-state index in [4.69, 9.17) is 5.84 Å². The monoisotopic (exact) mass is 278 g/mol. The van der Waals surface area contributed by atoms with E-state index in [2.05, 4.69) is 22.0 Å². The van der Waals surface area contributed by atoms with E-state index in [-0.39, 0.29) is 0 Å². The van der Waals surface area contributed by atoms with Gasteiger partial charge in [0.25, 0.3) is 0 Å². The number of thioether (sulfide) groups is 1. The van der Waals surface area contributed by atoms with E-state index in [1.165, 1.54) is 25.7 Å². The van der Waals surface area contributed by atoms with Gasteiger partial charge >= 0.3 is 0 Å². The predicted molar refractivity (Wildman–Crippen MR) is 84.4 cm³/mol. The van der Waals surface area contributed by atoms with Gasteiger partial charge in [0, 0.05) is 10.4 Å². The van der Waals surface area contributed by atoms with Crippen LogP contribution in [-0.2, 0) is 0 Å². The minimum Gasteiger partial charge on any atom is -0.325 e. The van der Waals surface area contributed by atoms with E-state index in [0.717, 1.165) is 12.2 Å². The highest BCUT2D eigenvalue weighted by molar-refractivity contribution is 8.00. The summed E-state index contributed by atoms with van der Waals surface area (Å²) in [7, 11) is 0. The lowest BCUT2D eigenvalue weighted by Gasteiger charge is -2.24. The second kappa shape index (κ2) is 6.82. The van der Waals surface area contributed by atoms with Gasteiger partial charge in [-0.3, -0.25) is 10.4 Å². The molecule has 1 saturated carbocycles. The second-order valence-corrected chi connectivity index (χ2v) is 6.17. The number of rotatable bonds is 4. The van der Waals surface area contributed by atoms with Crippen molar-refractivity contribution in [2.24, 2.45) is 10.8 Å². The summed E-state index contributed by atoms with van der Waals surface area (Å²) in [5, 5.41) is 3.20. The highest BCUT2D eigenvalue weighted by Crippen LogP contribution is 2.40. The zero-order valence-electron chi connectivity index (χ0n) is 11.4. The molecule has 4 nitrogen and oxygen atoms in total. The predicted octanol–water partition coefficient (Wildman–Crippen LogP) is 2.59. The number of para-hydroxylation sites is 1. The fourth-order valence-corrected chi connectivity index (χ4v) is 3.34. The van der Waals surface area contributed by atoms with Crippen molar-refractivity contribution in [1.82, 2.24) is 5.43 Å². The van der Waals surface area contributed by atoms with E-state index in [1.54, 1.807) is 0 Å². The first-order valence-electron chi connectivity index (χ1n) is 6.66. The van der Waals surface area contributed by atoms with Crippen molar-refractivity contribution in [1.29, 1.82) is 0 Å². The molecule has 1 aliphatic carbocycles. The molecule has 0 heterocycles. The molecule has 0 spiro atoms. The number of anilines is 1. The number of nitrogens with one attached hydrogen (secondary N) is 2. The van der Waals surface area contributed by atoms with Gasteiger partial charge in [0.2, 0.25) is 5.96 Å². The van der Waals surface area contributed by atoms with Crippen molar-refractivity contribution < 1.29 is 0 Å². The molecule has 1 aliphatic rings. The van der Waals surface area contributed by atoms with Crippen molar-refractivity contribution in [3.05, 3.63) is 30.3 Å². The normalized spacial score (nSPS) is 18.3. The molecule has 0 amide bonds. The van der Waals surface area contributed by atoms with Crippen LogP contribution in [0.2, 0.25) is 0 Å². The summed E-state index contributed by atoms with van der Waals surface area (Å²) in [6, 6.07) is 9.94. The molecule has 5 heteroatoms. The van der Waals surface area contributed by atoms with Crippen LogP contribution in [0.15, 0.2) is 35.3 Å². The van der Waals surface area contributed by atoms with Crippen LogP contribution in [-0.4, -0.2) is 23.5 Å². The van der Waals surface area contributed by atoms with Crippen molar-refractivity contribution in [3.8, 4) is 0 Å². The highest BCUT2D eigenvalue weighted by Gasteiger charge is 2.32. The largest absolute Gasteiger partial charge is 0.325 e. The van der Waals surface area contributed by atoms with Gasteiger partial charge < -0.3 is 5.32 Å². The standard InChI is InChI=1S/C14H22N4S/c1-19-14(9-5-6-10-14)11-16-13(18-15)17-12-7-3-2-4-8-12/h2-4,7-8H,5-6,9-11,15H2,1H3,(H2,16,17,18). The molecular formula is C14H22N4S. The number of hydrogen-bond acceptors (Lipinski definition) is 3. The third-order valence-corrected chi connectivity index (χ3v) is 5.05. The Morgan fingerprint density at radius 3 is 2.58 bits per heavy atom. The molecule has 1 aromatic carbocycles. The van der Waals surface area contributed by atoms with Gasteiger partial charge in [0.05, 0.1) is 6.54 Å². The zero-order chi connectivity index (χ0) is 13.6. The molecule has 0 unspecified atom stereocenters. The summed E-state index contributed by atoms with van der Waals surface area (Å²) in [6.45, 7) is 0.813. The number of hydrazine groups is 1. The Bertz CT molecular complexity index is 413. The average Bonchev–Trinajstić information content (AvgIpc) is 2.94. The van der Waals surface area contributed by atoms with Crippen LogP contribution in [0.4, 0.5) is 5.69 Å². The van der Waals surface area contributed by atoms with Crippen LogP contribution in [0, 0.1) is 0 Å². The topological polar surface area (TPSA) is 62.4 Å². The summed E-state index contributed by atoms with van der Waals surface area (Å²) in [5.41, 5.74) is 3.64. The fraction of sp³-hybridized carbons (Fsp3) is 0.500. The first-order chi connectivity index (χ1) is 9.28. The Hall–Kier alpha value is -1.20. The Labute approximate surface area is 119 Å². The van der Waals surface area contributed by atoms with E-state index in [0.29, 0.717) is 10.7 Å². The van der Waals surface area contributed by atoms with E-state index < -0.39 is 0 Å². The molecule has 104 valence electrons. The zero-order valence-corrected chi connectivity index (χ0v) is 12.2. The molecule has 1 aromatic rings. The Kier molecular flexibility index (Phi) is 5.10. The van der Waals surface area contributed by atoms with Crippen LogP contribution in [0.5, 0.6) is 0 Å². The van der Waals surface area contributed by atoms with Gasteiger partial charge in [-0.05, 0) is 31.2 Å². The van der Waals surface area contributed by atoms with Crippen LogP contribution < -0.4 is 16.6 Å². The molecule has 2 rings (SSSR count). The average molecular weight is 278 g/mol. The lowest BCUT2D eigenvalue weighted by molar-refractivity contribution is 0.620. The summed E-state index contributed by atoms with van der Waals surface area (Å²) >= 11 is 1.94. The van der Waals surface area contributed by atoms with Gasteiger partial charge in [-0.1, -0.05) is 31.0 Å². The molecule has 4 N–H and O–H groups in total. The molecule has 0 aromatic heterocycles. The molecular weight excluding hydrogens is 256 g/mol. The molecule has 19 heavy (non-hydrogen) atoms. The maximum absolute atomic E-state index is 5.54. The summed E-state index contributed by atoms with van der Waals surface area (Å²) in [4.78, 5) is 4.61. The summed E-state index contributed by atoms with van der Waals surface area (Å²) in [6.07, 6.45) is 7.31. The maximum Gasteiger partial charge on any atom is 0.210 e. The van der Waals surface area contributed by atoms with Gasteiger partial charge in [0.15, 0.2) is 0 Å². The van der Waals surface area contributed by atoms with Crippen LogP contribution in [0.3, 0.4) is 0 Å². The number of benzene rings is 1. The van der Waals surface area contributed by atoms with E-state index in [1.807, 2.05) is 42.1 Å². The maximum atomic E-state index is 5.54. The number of hydrogen-bond donors (Lipinski definition) is 3. The third kappa shape index (κ3) is 3.88. The number of nitrogens with zero attached hydrogens (tertiary/aromatic N) is 1. The third-order valence-electron chi connectivity index (χ3n) is 3.65. The summed E-state index contributed by atoms with van der Waals surface area (Å²) < 4.78 is 0.306. The van der Waals surface area contributed by atoms with Crippen molar-refractivity contribution >= 4 is 23.4 Å². The molecule has 0 aliphatic heterocycles. The minimum atomic E-state index is 0.306. The van der Waals surface area contributed by atoms with Crippen LogP contribution in [0.1, 0.15) is 25.7 Å². The quantitative estimate of drug-likeness (QED) is 0.343. The molecule has 1 fully saturated rings. The van der Waals surface area contributed by atoms with Crippen LogP contribution >= 0.6 is 11.8 Å². The van der Waals surface area contributed by atoms with Gasteiger partial charge in [-0.25, -0.2) is 5.84 Å². The van der Waals surface area contributed by atoms with Crippen molar-refractivity contribution in [3.63, 3.8) is 0 Å². The van der Waals surface area contributed by atoms with Crippen molar-refractivity contribution in [2.45, 2.75) is 30.4 Å². The van der Waals surface area contributed by atoms with E-state index >= 15 is 0 Å². The van der Waals surface area contributed by atoms with Crippen LogP contribution in [0.25, 0.3) is 0 Å². The van der Waals surface area contributed by atoms with E-state index in [9.17, 15) is 0 Å². The second-order valence-electron chi connectivity index (χ2n) is 4.89. The Morgan fingerprint density at radius 1 is 1.32 bits per heavy atom. The SMILES string of the molecule is CSC1(CN=C(NN)Nc2ccccc2)CCCC1. The smallest absolute Gasteiger partial charge is 0.210 e. The minimum absolute atomic E-state index is 0.306. The highest BCUT2D eigenvalue weighted by atomic mass is 32.2. The van der Waals surface area contributed by atoms with Crippen molar-refractivity contribution in [2.75, 3.05) is 18.1 Å². The fourth-order valence-electron chi connectivity index (χ4n) is 2.45.